The fourth-order valence-corrected chi connectivity index (χ4v) is 6.28. The summed E-state index contributed by atoms with van der Waals surface area (Å²) < 4.78 is 8.40. The van der Waals surface area contributed by atoms with E-state index in [1.807, 2.05) is 50.2 Å². The van der Waals surface area contributed by atoms with Gasteiger partial charge in [-0.25, -0.2) is 4.98 Å². The molecule has 192 valence electrons. The van der Waals surface area contributed by atoms with Crippen LogP contribution in [-0.2, 0) is 11.3 Å². The fraction of sp³-hybridized carbons (Fsp3) is 0.533. The van der Waals surface area contributed by atoms with Gasteiger partial charge >= 0.3 is 0 Å². The number of carbonyl (C=O) groups is 1. The van der Waals surface area contributed by atoms with Gasteiger partial charge in [-0.1, -0.05) is 62.3 Å². The number of hydrogen-bond acceptors (Lipinski definition) is 3. The van der Waals surface area contributed by atoms with Crippen LogP contribution in [0.1, 0.15) is 88.6 Å². The highest BCUT2D eigenvalue weighted by atomic mass is 35.5. The van der Waals surface area contributed by atoms with E-state index in [9.17, 15) is 4.79 Å². The van der Waals surface area contributed by atoms with E-state index >= 15 is 0 Å². The Labute approximate surface area is 219 Å². The highest BCUT2D eigenvalue weighted by Crippen LogP contribution is 2.32. The van der Waals surface area contributed by atoms with E-state index in [4.69, 9.17) is 21.3 Å². The second kappa shape index (κ2) is 11.2. The summed E-state index contributed by atoms with van der Waals surface area (Å²) in [5.41, 5.74) is 2.85. The predicted octanol–water partition coefficient (Wildman–Crippen LogP) is 7.63. The van der Waals surface area contributed by atoms with Gasteiger partial charge in [-0.2, -0.15) is 0 Å². The van der Waals surface area contributed by atoms with Crippen molar-refractivity contribution in [3.63, 3.8) is 0 Å². The lowest BCUT2D eigenvalue weighted by atomic mass is 9.88. The third kappa shape index (κ3) is 5.41. The molecule has 0 spiro atoms. The Balaban J connectivity index is 1.44. The molecule has 0 radical (unpaired) electrons. The molecule has 0 saturated heterocycles. The average Bonchev–Trinajstić information content (AvgIpc) is 3.26. The number of halogens is 1. The van der Waals surface area contributed by atoms with Crippen molar-refractivity contribution in [2.45, 2.75) is 103 Å². The maximum absolute atomic E-state index is 14.1. The smallest absolute Gasteiger partial charge is 0.243 e. The first-order valence-corrected chi connectivity index (χ1v) is 14.1. The molecule has 36 heavy (non-hydrogen) atoms. The Morgan fingerprint density at radius 1 is 1.03 bits per heavy atom. The van der Waals surface area contributed by atoms with Gasteiger partial charge in [0, 0.05) is 17.1 Å². The molecule has 1 amide bonds. The van der Waals surface area contributed by atoms with Crippen molar-refractivity contribution in [2.24, 2.45) is 0 Å². The summed E-state index contributed by atoms with van der Waals surface area (Å²) in [5, 5.41) is 0.721. The van der Waals surface area contributed by atoms with E-state index in [1.54, 1.807) is 0 Å². The summed E-state index contributed by atoms with van der Waals surface area (Å²) in [5.74, 6) is 1.76. The lowest BCUT2D eigenvalue weighted by molar-refractivity contribution is -0.138. The van der Waals surface area contributed by atoms with Crippen molar-refractivity contribution in [3.05, 3.63) is 58.9 Å². The second-order valence-electron chi connectivity index (χ2n) is 10.6. The molecule has 2 fully saturated rings. The van der Waals surface area contributed by atoms with Crippen LogP contribution in [0.5, 0.6) is 5.75 Å². The maximum atomic E-state index is 14.1. The van der Waals surface area contributed by atoms with Crippen LogP contribution in [0.25, 0.3) is 11.0 Å². The molecule has 5 rings (SSSR count). The van der Waals surface area contributed by atoms with Gasteiger partial charge in [0.05, 0.1) is 11.0 Å². The number of fused-ring (bicyclic) bond motifs is 1. The van der Waals surface area contributed by atoms with Gasteiger partial charge in [0.15, 0.2) is 11.9 Å². The lowest BCUT2D eigenvalue weighted by Gasteiger charge is -2.42. The minimum Gasteiger partial charge on any atom is -0.483 e. The van der Waals surface area contributed by atoms with Gasteiger partial charge < -0.3 is 14.2 Å². The Morgan fingerprint density at radius 2 is 1.67 bits per heavy atom. The number of aryl methyl sites for hydroxylation is 1. The van der Waals surface area contributed by atoms with Crippen molar-refractivity contribution < 1.29 is 9.53 Å². The van der Waals surface area contributed by atoms with Gasteiger partial charge in [0.25, 0.3) is 0 Å². The molecule has 2 aliphatic carbocycles. The Kier molecular flexibility index (Phi) is 7.85. The molecule has 1 aromatic heterocycles. The molecule has 1 heterocycles. The topological polar surface area (TPSA) is 47.4 Å². The first kappa shape index (κ1) is 25.1. The zero-order valence-corrected chi connectivity index (χ0v) is 22.3. The van der Waals surface area contributed by atoms with Gasteiger partial charge in [0.1, 0.15) is 12.3 Å². The van der Waals surface area contributed by atoms with Gasteiger partial charge in [-0.15, -0.1) is 0 Å². The van der Waals surface area contributed by atoms with Crippen LogP contribution in [0.2, 0.25) is 5.02 Å². The molecule has 2 aromatic carbocycles. The highest BCUT2D eigenvalue weighted by Gasteiger charge is 2.33. The van der Waals surface area contributed by atoms with Crippen LogP contribution < -0.4 is 4.74 Å². The summed E-state index contributed by atoms with van der Waals surface area (Å²) >= 11 is 6.21. The molecule has 1 unspecified atom stereocenters. The summed E-state index contributed by atoms with van der Waals surface area (Å²) in [6.45, 7) is 4.28. The monoisotopic (exact) mass is 507 g/mol. The van der Waals surface area contributed by atoms with Crippen molar-refractivity contribution in [1.82, 2.24) is 14.5 Å². The number of rotatable bonds is 7. The molecule has 2 aliphatic rings. The van der Waals surface area contributed by atoms with Crippen LogP contribution >= 0.6 is 11.6 Å². The standard InChI is InChI=1S/C30H38ClN3O2/c1-21-19-25(17-18-26(21)31)36-22(2)30-32-27-15-9-10-16-28(27)33(30)20-29(35)34(23-11-5-3-6-12-23)24-13-7-4-8-14-24/h9-10,15-19,22-24H,3-8,11-14,20H2,1-2H3. The number of amides is 1. The molecule has 2 saturated carbocycles. The van der Waals surface area contributed by atoms with Crippen LogP contribution in [-0.4, -0.2) is 32.4 Å². The highest BCUT2D eigenvalue weighted by molar-refractivity contribution is 6.31. The third-order valence-corrected chi connectivity index (χ3v) is 8.43. The van der Waals surface area contributed by atoms with E-state index in [1.165, 1.54) is 38.5 Å². The quantitative estimate of drug-likeness (QED) is 0.330. The van der Waals surface area contributed by atoms with Gasteiger partial charge in [-0.3, -0.25) is 4.79 Å². The van der Waals surface area contributed by atoms with Crippen molar-refractivity contribution >= 4 is 28.5 Å². The SMILES string of the molecule is Cc1cc(OC(C)c2nc3ccccc3n2CC(=O)N(C2CCCCC2)C2CCCCC2)ccc1Cl. The molecule has 0 N–H and O–H groups in total. The Hall–Kier alpha value is -2.53. The Morgan fingerprint density at radius 3 is 2.31 bits per heavy atom. The van der Waals surface area contributed by atoms with Crippen LogP contribution in [0.3, 0.4) is 0 Å². The molecule has 0 aliphatic heterocycles. The van der Waals surface area contributed by atoms with Gasteiger partial charge in [0.2, 0.25) is 5.91 Å². The van der Waals surface area contributed by atoms with Crippen molar-refractivity contribution in [2.75, 3.05) is 0 Å². The zero-order valence-electron chi connectivity index (χ0n) is 21.6. The number of carbonyl (C=O) groups excluding carboxylic acids is 1. The van der Waals surface area contributed by atoms with E-state index in [0.29, 0.717) is 18.6 Å². The summed E-state index contributed by atoms with van der Waals surface area (Å²) in [4.78, 5) is 21.3. The second-order valence-corrected chi connectivity index (χ2v) is 11.0. The largest absolute Gasteiger partial charge is 0.483 e. The average molecular weight is 508 g/mol. The number of hydrogen-bond donors (Lipinski definition) is 0. The minimum absolute atomic E-state index is 0.229. The summed E-state index contributed by atoms with van der Waals surface area (Å²) in [7, 11) is 0. The molecular weight excluding hydrogens is 470 g/mol. The van der Waals surface area contributed by atoms with E-state index in [2.05, 4.69) is 15.5 Å². The van der Waals surface area contributed by atoms with Crippen LogP contribution in [0, 0.1) is 6.92 Å². The van der Waals surface area contributed by atoms with Gasteiger partial charge in [-0.05, 0) is 75.4 Å². The van der Waals surface area contributed by atoms with E-state index < -0.39 is 0 Å². The number of para-hydroxylation sites is 2. The molecule has 3 aromatic rings. The molecule has 6 heteroatoms. The number of benzene rings is 2. The molecule has 5 nitrogen and oxygen atoms in total. The number of nitrogens with zero attached hydrogens (tertiary/aromatic N) is 3. The zero-order chi connectivity index (χ0) is 25.1. The normalized spacial score (nSPS) is 18.3. The Bertz CT molecular complexity index is 1180. The summed E-state index contributed by atoms with van der Waals surface area (Å²) in [6.07, 6.45) is 11.7. The van der Waals surface area contributed by atoms with E-state index in [0.717, 1.165) is 58.9 Å². The minimum atomic E-state index is -0.316. The van der Waals surface area contributed by atoms with Crippen molar-refractivity contribution in [1.29, 1.82) is 0 Å². The summed E-state index contributed by atoms with van der Waals surface area (Å²) in [6, 6.07) is 14.5. The number of ether oxygens (including phenoxy) is 1. The first-order chi connectivity index (χ1) is 17.5. The molecule has 1 atom stereocenters. The van der Waals surface area contributed by atoms with Crippen molar-refractivity contribution in [3.8, 4) is 5.75 Å². The molecular formula is C30H38ClN3O2. The first-order valence-electron chi connectivity index (χ1n) is 13.7. The van der Waals surface area contributed by atoms with Crippen LogP contribution in [0.15, 0.2) is 42.5 Å². The number of aromatic nitrogens is 2. The fourth-order valence-electron chi connectivity index (χ4n) is 6.16. The van der Waals surface area contributed by atoms with Crippen LogP contribution in [0.4, 0.5) is 0 Å². The molecule has 0 bridgehead atoms. The third-order valence-electron chi connectivity index (χ3n) is 8.01. The lowest BCUT2D eigenvalue weighted by Crippen LogP contribution is -2.50. The van der Waals surface area contributed by atoms with E-state index in [-0.39, 0.29) is 12.0 Å². The predicted molar refractivity (Wildman–Crippen MR) is 146 cm³/mol. The maximum Gasteiger partial charge on any atom is 0.243 e. The number of imidazole rings is 1.